The van der Waals surface area contributed by atoms with Crippen LogP contribution >= 0.6 is 39.1 Å². The summed E-state index contributed by atoms with van der Waals surface area (Å²) >= 11 is 16.6. The van der Waals surface area contributed by atoms with E-state index in [0.29, 0.717) is 44.7 Å². The molecule has 9 heteroatoms. The molecule has 0 aliphatic heterocycles. The Bertz CT molecular complexity index is 1850. The molecule has 5 aromatic rings. The molecule has 6 nitrogen and oxygen atoms in total. The Labute approximate surface area is 262 Å². The van der Waals surface area contributed by atoms with Gasteiger partial charge in [0.1, 0.15) is 12.4 Å². The second-order valence-electron chi connectivity index (χ2n) is 10.1. The molecule has 0 unspecified atom stereocenters. The highest BCUT2D eigenvalue weighted by Gasteiger charge is 2.18. The first-order valence-corrected chi connectivity index (χ1v) is 14.8. The summed E-state index contributed by atoms with van der Waals surface area (Å²) in [4.78, 5) is 18.6. The third-order valence-electron chi connectivity index (χ3n) is 6.83. The maximum Gasteiger partial charge on any atom is 0.282 e. The topological polar surface area (TPSA) is 65.7 Å². The number of benzene rings is 4. The van der Waals surface area contributed by atoms with E-state index >= 15 is 0 Å². The fourth-order valence-electron chi connectivity index (χ4n) is 4.62. The lowest BCUT2D eigenvalue weighted by molar-refractivity contribution is 0.306. The Morgan fingerprint density at radius 3 is 2.38 bits per heavy atom. The van der Waals surface area contributed by atoms with E-state index in [-0.39, 0.29) is 11.5 Å². The van der Waals surface area contributed by atoms with Crippen LogP contribution in [0.2, 0.25) is 10.0 Å². The molecule has 5 rings (SSSR count). The molecule has 0 spiro atoms. The van der Waals surface area contributed by atoms with Crippen LogP contribution in [-0.4, -0.2) is 23.0 Å². The lowest BCUT2D eigenvalue weighted by Crippen LogP contribution is -2.20. The van der Waals surface area contributed by atoms with Crippen molar-refractivity contribution in [3.63, 3.8) is 0 Å². The number of fused-ring (bicyclic) bond motifs is 1. The third-order valence-corrected chi connectivity index (χ3v) is 7.92. The number of halogens is 3. The summed E-state index contributed by atoms with van der Waals surface area (Å²) < 4.78 is 13.9. The zero-order valence-corrected chi connectivity index (χ0v) is 26.6. The summed E-state index contributed by atoms with van der Waals surface area (Å²) in [5.41, 5.74) is 4.56. The van der Waals surface area contributed by atoms with E-state index < -0.39 is 0 Å². The summed E-state index contributed by atoms with van der Waals surface area (Å²) in [7, 11) is 1.65. The van der Waals surface area contributed by atoms with Gasteiger partial charge in [0.2, 0.25) is 0 Å². The summed E-state index contributed by atoms with van der Waals surface area (Å²) in [6, 6.07) is 22.4. The van der Waals surface area contributed by atoms with Gasteiger partial charge in [-0.25, -0.2) is 4.98 Å². The Morgan fingerprint density at radius 2 is 1.71 bits per heavy atom. The molecule has 0 N–H and O–H groups in total. The first-order chi connectivity index (χ1) is 20.2. The van der Waals surface area contributed by atoms with Crippen molar-refractivity contribution in [3.8, 4) is 22.9 Å². The SMILES string of the molecule is COc1cc(C)c(-c2nc3ccccc3c(=O)n2N=Cc2cc(Cl)c(OCc3ccc(Br)cc3)c(Cl)c2)cc1C(C)C. The number of methoxy groups -OCH3 is 1. The standard InChI is InChI=1S/C33H28BrCl2N3O3/c1-19(2)25-16-26(20(3)13-30(25)41-4)32-38-29-8-6-5-7-24(29)33(40)39(32)37-17-22-14-27(35)31(28(36)15-22)42-18-21-9-11-23(34)12-10-21/h5-17,19H,18H2,1-4H3. The van der Waals surface area contributed by atoms with Crippen LogP contribution in [0.4, 0.5) is 0 Å². The van der Waals surface area contributed by atoms with Crippen LogP contribution < -0.4 is 15.0 Å². The lowest BCUT2D eigenvalue weighted by Gasteiger charge is -2.17. The fourth-order valence-corrected chi connectivity index (χ4v) is 5.50. The molecule has 1 heterocycles. The van der Waals surface area contributed by atoms with Gasteiger partial charge in [0.05, 0.1) is 34.3 Å². The monoisotopic (exact) mass is 663 g/mol. The second-order valence-corrected chi connectivity index (χ2v) is 11.8. The highest BCUT2D eigenvalue weighted by atomic mass is 79.9. The van der Waals surface area contributed by atoms with Crippen molar-refractivity contribution in [1.29, 1.82) is 0 Å². The van der Waals surface area contributed by atoms with Gasteiger partial charge >= 0.3 is 0 Å². The van der Waals surface area contributed by atoms with Crippen molar-refractivity contribution in [3.05, 3.63) is 120 Å². The predicted octanol–water partition coefficient (Wildman–Crippen LogP) is 9.03. The van der Waals surface area contributed by atoms with Crippen LogP contribution in [0, 0.1) is 6.92 Å². The quantitative estimate of drug-likeness (QED) is 0.155. The number of rotatable bonds is 8. The van der Waals surface area contributed by atoms with Crippen LogP contribution in [0.5, 0.6) is 11.5 Å². The zero-order valence-electron chi connectivity index (χ0n) is 23.5. The Kier molecular flexibility index (Phi) is 9.02. The van der Waals surface area contributed by atoms with Crippen LogP contribution in [0.15, 0.2) is 87.2 Å². The first-order valence-electron chi connectivity index (χ1n) is 13.3. The molecule has 0 radical (unpaired) electrons. The van der Waals surface area contributed by atoms with Crippen molar-refractivity contribution in [2.45, 2.75) is 33.3 Å². The van der Waals surface area contributed by atoms with Gasteiger partial charge < -0.3 is 9.47 Å². The third kappa shape index (κ3) is 6.24. The molecule has 0 saturated carbocycles. The van der Waals surface area contributed by atoms with Gasteiger partial charge in [0.15, 0.2) is 11.6 Å². The number of aromatic nitrogens is 2. The largest absolute Gasteiger partial charge is 0.496 e. The summed E-state index contributed by atoms with van der Waals surface area (Å²) in [5.74, 6) is 1.77. The molecular formula is C33H28BrCl2N3O3. The summed E-state index contributed by atoms with van der Waals surface area (Å²) in [6.45, 7) is 6.46. The summed E-state index contributed by atoms with van der Waals surface area (Å²) in [6.07, 6.45) is 1.54. The minimum Gasteiger partial charge on any atom is -0.496 e. The van der Waals surface area contributed by atoms with Crippen LogP contribution in [0.1, 0.15) is 42.0 Å². The van der Waals surface area contributed by atoms with Crippen LogP contribution in [-0.2, 0) is 6.61 Å². The van der Waals surface area contributed by atoms with Gasteiger partial charge in [-0.15, -0.1) is 0 Å². The number of aryl methyl sites for hydroxylation is 1. The molecule has 0 fully saturated rings. The average Bonchev–Trinajstić information content (AvgIpc) is 2.96. The van der Waals surface area contributed by atoms with Crippen molar-refractivity contribution < 1.29 is 9.47 Å². The summed E-state index contributed by atoms with van der Waals surface area (Å²) in [5, 5.41) is 5.72. The number of hydrogen-bond donors (Lipinski definition) is 0. The maximum atomic E-state index is 13.7. The number of nitrogens with zero attached hydrogens (tertiary/aromatic N) is 3. The highest BCUT2D eigenvalue weighted by Crippen LogP contribution is 2.36. The number of ether oxygens (including phenoxy) is 2. The maximum absolute atomic E-state index is 13.7. The van der Waals surface area contributed by atoms with Gasteiger partial charge in [-0.3, -0.25) is 4.79 Å². The van der Waals surface area contributed by atoms with Crippen molar-refractivity contribution in [2.24, 2.45) is 5.10 Å². The molecule has 0 bridgehead atoms. The molecule has 214 valence electrons. The van der Waals surface area contributed by atoms with Gasteiger partial charge in [-0.05, 0) is 83.6 Å². The Hall–Kier alpha value is -3.65. The Morgan fingerprint density at radius 1 is 1.02 bits per heavy atom. The number of para-hydroxylation sites is 1. The molecular weight excluding hydrogens is 637 g/mol. The zero-order chi connectivity index (χ0) is 30.0. The first kappa shape index (κ1) is 29.8. The van der Waals surface area contributed by atoms with Gasteiger partial charge in [0.25, 0.3) is 5.56 Å². The molecule has 4 aromatic carbocycles. The number of hydrogen-bond acceptors (Lipinski definition) is 5. The average molecular weight is 665 g/mol. The second kappa shape index (κ2) is 12.7. The van der Waals surface area contributed by atoms with Crippen molar-refractivity contribution in [2.75, 3.05) is 7.11 Å². The van der Waals surface area contributed by atoms with E-state index in [1.54, 1.807) is 37.6 Å². The smallest absolute Gasteiger partial charge is 0.282 e. The minimum atomic E-state index is -0.292. The molecule has 0 amide bonds. The van der Waals surface area contributed by atoms with Crippen molar-refractivity contribution >= 4 is 56.2 Å². The molecule has 0 saturated heterocycles. The molecule has 42 heavy (non-hydrogen) atoms. The van der Waals surface area contributed by atoms with Gasteiger partial charge in [0, 0.05) is 10.0 Å². The fraction of sp³-hybridized carbons (Fsp3) is 0.182. The molecule has 0 atom stereocenters. The highest BCUT2D eigenvalue weighted by molar-refractivity contribution is 9.10. The van der Waals surface area contributed by atoms with E-state index in [4.69, 9.17) is 37.7 Å². The van der Waals surface area contributed by atoms with Gasteiger partial charge in [-0.1, -0.05) is 77.2 Å². The lowest BCUT2D eigenvalue weighted by atomic mass is 9.96. The van der Waals surface area contributed by atoms with E-state index in [1.165, 1.54) is 4.68 Å². The van der Waals surface area contributed by atoms with Gasteiger partial charge in [-0.2, -0.15) is 9.78 Å². The van der Waals surface area contributed by atoms with E-state index in [0.717, 1.165) is 32.5 Å². The minimum absolute atomic E-state index is 0.192. The van der Waals surface area contributed by atoms with E-state index in [9.17, 15) is 4.79 Å². The van der Waals surface area contributed by atoms with Crippen LogP contribution in [0.3, 0.4) is 0 Å². The van der Waals surface area contributed by atoms with Crippen LogP contribution in [0.25, 0.3) is 22.3 Å². The van der Waals surface area contributed by atoms with E-state index in [2.05, 4.69) is 34.9 Å². The van der Waals surface area contributed by atoms with E-state index in [1.807, 2.05) is 55.5 Å². The predicted molar refractivity (Wildman–Crippen MR) is 175 cm³/mol. The molecule has 1 aromatic heterocycles. The molecule has 0 aliphatic rings. The normalized spacial score (nSPS) is 11.5. The van der Waals surface area contributed by atoms with Crippen molar-refractivity contribution in [1.82, 2.24) is 9.66 Å². The Balaban J connectivity index is 1.56. The molecule has 0 aliphatic carbocycles.